The Balaban J connectivity index is 1.68. The van der Waals surface area contributed by atoms with E-state index in [1.165, 1.54) is 11.8 Å². The fraction of sp³-hybridized carbons (Fsp3) is 0.435. The highest BCUT2D eigenvalue weighted by atomic mass is 35.5. The third-order valence-electron chi connectivity index (χ3n) is 5.88. The summed E-state index contributed by atoms with van der Waals surface area (Å²) in [6.45, 7) is 7.03. The number of benzene rings is 1. The molecule has 0 aromatic heterocycles. The molecular weight excluding hydrogens is 448 g/mol. The van der Waals surface area contributed by atoms with Crippen LogP contribution in [0.2, 0.25) is 5.02 Å². The summed E-state index contributed by atoms with van der Waals surface area (Å²) >= 11 is 8.05. The van der Waals surface area contributed by atoms with E-state index in [4.69, 9.17) is 16.3 Å². The zero-order valence-corrected chi connectivity index (χ0v) is 20.1. The van der Waals surface area contributed by atoms with Gasteiger partial charge in [-0.3, -0.25) is 4.79 Å². The lowest BCUT2D eigenvalue weighted by molar-refractivity contribution is -0.139. The first-order valence-electron chi connectivity index (χ1n) is 10.7. The second-order valence-electron chi connectivity index (χ2n) is 8.00. The van der Waals surface area contributed by atoms with Gasteiger partial charge in [-0.1, -0.05) is 41.6 Å². The number of likely N-dealkylation sites (N-methyl/N-ethyl adjacent to an activating group) is 1. The summed E-state index contributed by atoms with van der Waals surface area (Å²) in [6.07, 6.45) is 0.242. The maximum Gasteiger partial charge on any atom is 0.338 e. The molecule has 3 aliphatic heterocycles. The number of amides is 1. The van der Waals surface area contributed by atoms with Gasteiger partial charge in [0.05, 0.1) is 30.3 Å². The van der Waals surface area contributed by atoms with Crippen LogP contribution in [0.25, 0.3) is 0 Å². The van der Waals surface area contributed by atoms with Crippen molar-refractivity contribution in [3.05, 3.63) is 57.2 Å². The van der Waals surface area contributed by atoms with Crippen LogP contribution in [-0.4, -0.2) is 71.6 Å². The van der Waals surface area contributed by atoms with Gasteiger partial charge in [0.2, 0.25) is 5.91 Å². The summed E-state index contributed by atoms with van der Waals surface area (Å²) in [4.78, 5) is 36.8. The van der Waals surface area contributed by atoms with Gasteiger partial charge in [-0.05, 0) is 37.9 Å². The van der Waals surface area contributed by atoms with Crippen molar-refractivity contribution < 1.29 is 14.3 Å². The zero-order chi connectivity index (χ0) is 22.8. The van der Waals surface area contributed by atoms with Gasteiger partial charge < -0.3 is 19.4 Å². The Hall–Kier alpha value is -2.29. The minimum Gasteiger partial charge on any atom is -0.463 e. The number of esters is 1. The van der Waals surface area contributed by atoms with E-state index in [1.807, 2.05) is 46.4 Å². The summed E-state index contributed by atoms with van der Waals surface area (Å²) < 4.78 is 5.37. The van der Waals surface area contributed by atoms with Crippen molar-refractivity contribution in [1.29, 1.82) is 0 Å². The van der Waals surface area contributed by atoms with Crippen molar-refractivity contribution in [2.45, 2.75) is 26.3 Å². The van der Waals surface area contributed by atoms with E-state index in [0.29, 0.717) is 16.3 Å². The monoisotopic (exact) mass is 474 g/mol. The lowest BCUT2D eigenvalue weighted by Gasteiger charge is -2.37. The molecule has 1 aromatic rings. The molecule has 1 unspecified atom stereocenters. The minimum atomic E-state index is -0.503. The van der Waals surface area contributed by atoms with E-state index in [1.54, 1.807) is 6.92 Å². The molecule has 170 valence electrons. The number of allylic oxidation sites excluding steroid dienone is 1. The molecule has 1 atom stereocenters. The number of carbonyl (C=O) groups excluding carboxylic acids is 2. The average Bonchev–Trinajstić information content (AvgIpc) is 3.15. The van der Waals surface area contributed by atoms with Crippen molar-refractivity contribution in [3.63, 3.8) is 0 Å². The Morgan fingerprint density at radius 1 is 1.22 bits per heavy atom. The van der Waals surface area contributed by atoms with Gasteiger partial charge in [0.15, 0.2) is 5.17 Å². The number of carbonyl (C=O) groups is 2. The van der Waals surface area contributed by atoms with Crippen LogP contribution in [0.5, 0.6) is 0 Å². The van der Waals surface area contributed by atoms with Gasteiger partial charge >= 0.3 is 5.97 Å². The molecule has 32 heavy (non-hydrogen) atoms. The normalized spacial score (nSPS) is 21.3. The number of rotatable bonds is 5. The van der Waals surface area contributed by atoms with E-state index in [2.05, 4.69) is 16.9 Å². The van der Waals surface area contributed by atoms with Crippen molar-refractivity contribution in [2.75, 3.05) is 39.8 Å². The van der Waals surface area contributed by atoms with Crippen molar-refractivity contribution in [2.24, 2.45) is 4.99 Å². The van der Waals surface area contributed by atoms with E-state index in [9.17, 15) is 9.59 Å². The van der Waals surface area contributed by atoms with Crippen LogP contribution < -0.4 is 0 Å². The molecule has 0 radical (unpaired) electrons. The molecule has 0 aliphatic carbocycles. The summed E-state index contributed by atoms with van der Waals surface area (Å²) in [6, 6.07) is 6.97. The zero-order valence-electron chi connectivity index (χ0n) is 18.5. The molecule has 0 saturated carbocycles. The summed E-state index contributed by atoms with van der Waals surface area (Å²) in [7, 11) is 2.06. The third kappa shape index (κ3) is 4.44. The molecule has 9 heteroatoms. The second kappa shape index (κ2) is 9.68. The number of fused-ring (bicyclic) bond motifs is 1. The first-order valence-corrected chi connectivity index (χ1v) is 12.0. The van der Waals surface area contributed by atoms with E-state index < -0.39 is 12.0 Å². The van der Waals surface area contributed by atoms with Crippen molar-refractivity contribution in [1.82, 2.24) is 14.7 Å². The fourth-order valence-electron chi connectivity index (χ4n) is 4.15. The highest BCUT2D eigenvalue weighted by Gasteiger charge is 2.42. The van der Waals surface area contributed by atoms with Gasteiger partial charge in [-0.15, -0.1) is 0 Å². The second-order valence-corrected chi connectivity index (χ2v) is 9.24. The smallest absolute Gasteiger partial charge is 0.338 e. The van der Waals surface area contributed by atoms with Crippen LogP contribution in [0.1, 0.15) is 31.9 Å². The number of ether oxygens (including phenoxy) is 1. The van der Waals surface area contributed by atoms with Crippen LogP contribution in [0, 0.1) is 0 Å². The van der Waals surface area contributed by atoms with Gasteiger partial charge in [0.25, 0.3) is 0 Å². The quantitative estimate of drug-likeness (QED) is 0.607. The minimum absolute atomic E-state index is 0.0769. The number of piperazine rings is 1. The molecule has 0 spiro atoms. The summed E-state index contributed by atoms with van der Waals surface area (Å²) in [5, 5.41) is 3.24. The van der Waals surface area contributed by atoms with Crippen LogP contribution in [0.15, 0.2) is 51.6 Å². The average molecular weight is 475 g/mol. The molecule has 0 N–H and O–H groups in total. The number of halogens is 1. The molecule has 3 heterocycles. The number of aliphatic imine (C=N–C) groups is 1. The summed E-state index contributed by atoms with van der Waals surface area (Å²) in [5.74, 6) is -0.340. The predicted octanol–water partition coefficient (Wildman–Crippen LogP) is 3.64. The molecule has 1 aromatic carbocycles. The maximum absolute atomic E-state index is 13.1. The first-order chi connectivity index (χ1) is 15.4. The number of nitrogens with zero attached hydrogens (tertiary/aromatic N) is 4. The Labute approximate surface area is 197 Å². The van der Waals surface area contributed by atoms with Crippen molar-refractivity contribution >= 4 is 40.4 Å². The van der Waals surface area contributed by atoms with E-state index in [0.717, 1.165) is 42.6 Å². The SMILES string of the molecule is CCOC(=O)C1=C(C)N=C2SC=C(CC(=O)N3CCN(C)CC3)N2C1c1ccccc1Cl. The fourth-order valence-corrected chi connectivity index (χ4v) is 5.36. The van der Waals surface area contributed by atoms with Crippen LogP contribution >= 0.6 is 23.4 Å². The van der Waals surface area contributed by atoms with Crippen LogP contribution in [0.4, 0.5) is 0 Å². The number of hydrogen-bond donors (Lipinski definition) is 0. The van der Waals surface area contributed by atoms with E-state index >= 15 is 0 Å². The van der Waals surface area contributed by atoms with Gasteiger partial charge in [-0.2, -0.15) is 0 Å². The molecule has 7 nitrogen and oxygen atoms in total. The summed E-state index contributed by atoms with van der Waals surface area (Å²) in [5.41, 5.74) is 2.65. The Morgan fingerprint density at radius 3 is 2.62 bits per heavy atom. The highest BCUT2D eigenvalue weighted by Crippen LogP contribution is 2.46. The standard InChI is InChI=1S/C23H27ClN4O3S/c1-4-31-22(30)20-15(2)25-23-28(21(20)17-7-5-6-8-18(17)24)16(14-32-23)13-19(29)27-11-9-26(3)10-12-27/h5-8,14,21H,4,9-13H2,1-3H3. The molecule has 3 aliphatic rings. The molecular formula is C23H27ClN4O3S. The van der Waals surface area contributed by atoms with Crippen molar-refractivity contribution in [3.8, 4) is 0 Å². The highest BCUT2D eigenvalue weighted by molar-refractivity contribution is 8.16. The van der Waals surface area contributed by atoms with Gasteiger partial charge in [0, 0.05) is 36.9 Å². The van der Waals surface area contributed by atoms with E-state index in [-0.39, 0.29) is 18.9 Å². The maximum atomic E-state index is 13.1. The lowest BCUT2D eigenvalue weighted by Crippen LogP contribution is -2.47. The molecule has 0 bridgehead atoms. The molecule has 4 rings (SSSR count). The van der Waals surface area contributed by atoms with Crippen LogP contribution in [-0.2, 0) is 14.3 Å². The molecule has 1 fully saturated rings. The van der Waals surface area contributed by atoms with Crippen LogP contribution in [0.3, 0.4) is 0 Å². The first kappa shape index (κ1) is 22.9. The Morgan fingerprint density at radius 2 is 1.94 bits per heavy atom. The topological polar surface area (TPSA) is 65.5 Å². The Bertz CT molecular complexity index is 1010. The Kier molecular flexibility index (Phi) is 6.93. The van der Waals surface area contributed by atoms with Gasteiger partial charge in [0.1, 0.15) is 0 Å². The number of amidine groups is 1. The number of thioether (sulfide) groups is 1. The third-order valence-corrected chi connectivity index (χ3v) is 7.12. The van der Waals surface area contributed by atoms with Gasteiger partial charge in [-0.25, -0.2) is 9.79 Å². The molecule has 1 amide bonds. The largest absolute Gasteiger partial charge is 0.463 e. The number of hydrogen-bond acceptors (Lipinski definition) is 7. The molecule has 1 saturated heterocycles. The lowest BCUT2D eigenvalue weighted by atomic mass is 9.93. The predicted molar refractivity (Wildman–Crippen MR) is 127 cm³/mol.